The Kier molecular flexibility index (Phi) is 4.74. The lowest BCUT2D eigenvalue weighted by Gasteiger charge is -2.17. The van der Waals surface area contributed by atoms with E-state index >= 15 is 0 Å². The summed E-state index contributed by atoms with van der Waals surface area (Å²) in [6.45, 7) is 0.537. The van der Waals surface area contributed by atoms with Gasteiger partial charge in [0, 0.05) is 25.1 Å². The van der Waals surface area contributed by atoms with Gasteiger partial charge in [0.25, 0.3) is 5.91 Å². The number of carbonyl (C=O) groups is 1. The normalized spacial score (nSPS) is 10.2. The van der Waals surface area contributed by atoms with Crippen LogP contribution in [0.4, 0.5) is 5.69 Å². The van der Waals surface area contributed by atoms with E-state index in [9.17, 15) is 4.79 Å². The van der Waals surface area contributed by atoms with Gasteiger partial charge in [-0.2, -0.15) is 0 Å². The Balaban J connectivity index is 2.10. The van der Waals surface area contributed by atoms with Crippen LogP contribution in [0, 0.1) is 0 Å². The van der Waals surface area contributed by atoms with E-state index in [-0.39, 0.29) is 5.91 Å². The smallest absolute Gasteiger partial charge is 0.272 e. The van der Waals surface area contributed by atoms with Gasteiger partial charge in [-0.3, -0.25) is 4.79 Å². The van der Waals surface area contributed by atoms with Crippen molar-refractivity contribution in [2.75, 3.05) is 19.4 Å². The Hall–Kier alpha value is -1.88. The first-order chi connectivity index (χ1) is 9.61. The molecule has 2 rings (SSSR count). The highest BCUT2D eigenvalue weighted by Crippen LogP contribution is 2.18. The van der Waals surface area contributed by atoms with Crippen molar-refractivity contribution in [1.82, 2.24) is 9.88 Å². The van der Waals surface area contributed by atoms with E-state index < -0.39 is 0 Å². The fraction of sp³-hybridized carbons (Fsp3) is 0.200. The summed E-state index contributed by atoms with van der Waals surface area (Å²) >= 11 is 3.49. The van der Waals surface area contributed by atoms with Crippen LogP contribution in [-0.4, -0.2) is 29.9 Å². The van der Waals surface area contributed by atoms with Crippen LogP contribution in [0.3, 0.4) is 0 Å². The van der Waals surface area contributed by atoms with Gasteiger partial charge >= 0.3 is 0 Å². The van der Waals surface area contributed by atoms with Crippen LogP contribution in [0.1, 0.15) is 16.1 Å². The zero-order valence-electron chi connectivity index (χ0n) is 11.4. The van der Waals surface area contributed by atoms with Crippen LogP contribution in [0.25, 0.3) is 0 Å². The first-order valence-corrected chi connectivity index (χ1v) is 7.04. The van der Waals surface area contributed by atoms with Crippen molar-refractivity contribution in [3.8, 4) is 0 Å². The fourth-order valence-electron chi connectivity index (χ4n) is 1.82. The van der Waals surface area contributed by atoms with Gasteiger partial charge in [-0.25, -0.2) is 4.98 Å². The van der Waals surface area contributed by atoms with Crippen LogP contribution in [0.2, 0.25) is 0 Å². The lowest BCUT2D eigenvalue weighted by Crippen LogP contribution is -2.27. The number of amides is 1. The number of hydrogen-bond donors (Lipinski definition) is 1. The maximum absolute atomic E-state index is 12.3. The molecule has 1 heterocycles. The SMILES string of the molecule is CNc1ccc(C(=O)N(C)Cc2ccccc2Br)nc1. The lowest BCUT2D eigenvalue weighted by molar-refractivity contribution is 0.0779. The van der Waals surface area contributed by atoms with E-state index in [2.05, 4.69) is 26.2 Å². The van der Waals surface area contributed by atoms with E-state index in [1.165, 1.54) is 0 Å². The molecule has 0 spiro atoms. The third-order valence-electron chi connectivity index (χ3n) is 2.98. The van der Waals surface area contributed by atoms with Gasteiger partial charge in [0.1, 0.15) is 5.69 Å². The second-order valence-electron chi connectivity index (χ2n) is 4.43. The van der Waals surface area contributed by atoms with Gasteiger partial charge in [0.15, 0.2) is 0 Å². The molecular weight excluding hydrogens is 318 g/mol. The number of rotatable bonds is 4. The Labute approximate surface area is 127 Å². The lowest BCUT2D eigenvalue weighted by atomic mass is 10.2. The molecule has 20 heavy (non-hydrogen) atoms. The molecule has 0 fully saturated rings. The van der Waals surface area contributed by atoms with Gasteiger partial charge in [0.05, 0.1) is 11.9 Å². The zero-order valence-corrected chi connectivity index (χ0v) is 13.0. The molecule has 0 aliphatic heterocycles. The molecule has 0 unspecified atom stereocenters. The molecule has 1 aromatic carbocycles. The fourth-order valence-corrected chi connectivity index (χ4v) is 2.23. The van der Waals surface area contributed by atoms with Crippen molar-refractivity contribution < 1.29 is 4.79 Å². The summed E-state index contributed by atoms with van der Waals surface area (Å²) in [6.07, 6.45) is 1.65. The second kappa shape index (κ2) is 6.52. The van der Waals surface area contributed by atoms with E-state index in [4.69, 9.17) is 0 Å². The van der Waals surface area contributed by atoms with Crippen molar-refractivity contribution in [2.45, 2.75) is 6.54 Å². The Bertz CT molecular complexity index is 598. The van der Waals surface area contributed by atoms with E-state index in [0.717, 1.165) is 15.7 Å². The molecule has 1 amide bonds. The number of aromatic nitrogens is 1. The Morgan fingerprint density at radius 3 is 2.65 bits per heavy atom. The molecule has 1 aromatic heterocycles. The predicted octanol–water partition coefficient (Wildman–Crippen LogP) is 3.16. The summed E-state index contributed by atoms with van der Waals surface area (Å²) in [6, 6.07) is 11.4. The number of carbonyl (C=O) groups excluding carboxylic acids is 1. The largest absolute Gasteiger partial charge is 0.387 e. The van der Waals surface area contributed by atoms with E-state index in [0.29, 0.717) is 12.2 Å². The molecule has 0 atom stereocenters. The number of nitrogens with one attached hydrogen (secondary N) is 1. The average Bonchev–Trinajstić information content (AvgIpc) is 2.49. The first kappa shape index (κ1) is 14.5. The van der Waals surface area contributed by atoms with Gasteiger partial charge in [0.2, 0.25) is 0 Å². The number of benzene rings is 1. The van der Waals surface area contributed by atoms with Crippen LogP contribution < -0.4 is 5.32 Å². The summed E-state index contributed by atoms with van der Waals surface area (Å²) in [7, 11) is 3.59. The molecular formula is C15H16BrN3O. The molecule has 0 saturated carbocycles. The zero-order chi connectivity index (χ0) is 14.5. The third kappa shape index (κ3) is 3.36. The van der Waals surface area contributed by atoms with Crippen molar-refractivity contribution in [3.05, 3.63) is 58.3 Å². The van der Waals surface area contributed by atoms with Crippen LogP contribution >= 0.6 is 15.9 Å². The highest BCUT2D eigenvalue weighted by atomic mass is 79.9. The highest BCUT2D eigenvalue weighted by Gasteiger charge is 2.14. The van der Waals surface area contributed by atoms with Crippen LogP contribution in [0.5, 0.6) is 0 Å². The molecule has 0 radical (unpaired) electrons. The number of pyridine rings is 1. The number of nitrogens with zero attached hydrogens (tertiary/aromatic N) is 2. The molecule has 0 aliphatic carbocycles. The second-order valence-corrected chi connectivity index (χ2v) is 5.29. The average molecular weight is 334 g/mol. The van der Waals surface area contributed by atoms with Crippen molar-refractivity contribution in [3.63, 3.8) is 0 Å². The van der Waals surface area contributed by atoms with Crippen molar-refractivity contribution in [2.24, 2.45) is 0 Å². The van der Waals surface area contributed by atoms with E-state index in [1.54, 1.807) is 24.2 Å². The summed E-state index contributed by atoms with van der Waals surface area (Å²) in [4.78, 5) is 18.1. The molecule has 0 saturated heterocycles. The molecule has 4 nitrogen and oxygen atoms in total. The maximum atomic E-state index is 12.3. The first-order valence-electron chi connectivity index (χ1n) is 6.24. The van der Waals surface area contributed by atoms with Gasteiger partial charge in [-0.1, -0.05) is 34.1 Å². The van der Waals surface area contributed by atoms with E-state index in [1.807, 2.05) is 37.4 Å². The minimum Gasteiger partial charge on any atom is -0.387 e. The Morgan fingerprint density at radius 1 is 1.30 bits per heavy atom. The molecule has 2 aromatic rings. The topological polar surface area (TPSA) is 45.2 Å². The molecule has 0 aliphatic rings. The summed E-state index contributed by atoms with van der Waals surface area (Å²) < 4.78 is 0.998. The van der Waals surface area contributed by atoms with Gasteiger partial charge in [-0.15, -0.1) is 0 Å². The van der Waals surface area contributed by atoms with Gasteiger partial charge in [-0.05, 0) is 23.8 Å². The molecule has 104 valence electrons. The van der Waals surface area contributed by atoms with Crippen LogP contribution in [0.15, 0.2) is 47.1 Å². The van der Waals surface area contributed by atoms with Gasteiger partial charge < -0.3 is 10.2 Å². The number of halogens is 1. The number of anilines is 1. The molecule has 5 heteroatoms. The third-order valence-corrected chi connectivity index (χ3v) is 3.76. The minimum absolute atomic E-state index is 0.0941. The standard InChI is InChI=1S/C15H16BrN3O/c1-17-12-7-8-14(18-9-12)15(20)19(2)10-11-5-3-4-6-13(11)16/h3-9,17H,10H2,1-2H3. The summed E-state index contributed by atoms with van der Waals surface area (Å²) in [5.74, 6) is -0.0941. The maximum Gasteiger partial charge on any atom is 0.272 e. The summed E-state index contributed by atoms with van der Waals surface area (Å²) in [5.41, 5.74) is 2.39. The summed E-state index contributed by atoms with van der Waals surface area (Å²) in [5, 5.41) is 2.98. The number of hydrogen-bond acceptors (Lipinski definition) is 3. The Morgan fingerprint density at radius 2 is 2.05 bits per heavy atom. The predicted molar refractivity (Wildman–Crippen MR) is 83.7 cm³/mol. The van der Waals surface area contributed by atoms with Crippen LogP contribution in [-0.2, 0) is 6.54 Å². The minimum atomic E-state index is -0.0941. The molecule has 0 bridgehead atoms. The highest BCUT2D eigenvalue weighted by molar-refractivity contribution is 9.10. The van der Waals surface area contributed by atoms with Crippen molar-refractivity contribution in [1.29, 1.82) is 0 Å². The monoisotopic (exact) mass is 333 g/mol. The quantitative estimate of drug-likeness (QED) is 0.934. The molecule has 1 N–H and O–H groups in total. The van der Waals surface area contributed by atoms with Crippen molar-refractivity contribution >= 4 is 27.5 Å².